The van der Waals surface area contributed by atoms with Crippen LogP contribution >= 0.6 is 0 Å². The Morgan fingerprint density at radius 3 is 2.62 bits per heavy atom. The molecule has 5 heteroatoms. The normalized spacial score (nSPS) is 22.6. The van der Waals surface area contributed by atoms with Gasteiger partial charge in [-0.15, -0.1) is 0 Å². The average molecular weight is 352 g/mol. The molecule has 0 radical (unpaired) electrons. The highest BCUT2D eigenvalue weighted by molar-refractivity contribution is 5.96. The van der Waals surface area contributed by atoms with Crippen LogP contribution in [0.15, 0.2) is 40.8 Å². The van der Waals surface area contributed by atoms with E-state index in [-0.39, 0.29) is 23.8 Å². The predicted octanol–water partition coefficient (Wildman–Crippen LogP) is 3.16. The molecule has 136 valence electrons. The van der Waals surface area contributed by atoms with Crippen LogP contribution in [0.2, 0.25) is 0 Å². The van der Waals surface area contributed by atoms with E-state index in [2.05, 4.69) is 0 Å². The molecule has 26 heavy (non-hydrogen) atoms. The number of aryl methyl sites for hydroxylation is 2. The Balaban J connectivity index is 1.57. The third kappa shape index (κ3) is 3.02. The lowest BCUT2D eigenvalue weighted by molar-refractivity contribution is -0.140. The lowest BCUT2D eigenvalue weighted by Crippen LogP contribution is -2.47. The molecule has 2 bridgehead atoms. The smallest absolute Gasteiger partial charge is 0.257 e. The van der Waals surface area contributed by atoms with Crippen LogP contribution in [0, 0.1) is 19.8 Å². The summed E-state index contributed by atoms with van der Waals surface area (Å²) in [6.07, 6.45) is 1.82. The number of fused-ring (bicyclic) bond motifs is 4. The zero-order valence-electron chi connectivity index (χ0n) is 15.3. The van der Waals surface area contributed by atoms with Crippen LogP contribution in [-0.2, 0) is 11.3 Å². The molecule has 5 rings (SSSR count). The summed E-state index contributed by atoms with van der Waals surface area (Å²) in [6, 6.07) is 12.0. The molecule has 0 saturated carbocycles. The quantitative estimate of drug-likeness (QED) is 0.853. The monoisotopic (exact) mass is 352 g/mol. The number of benzene rings is 1. The number of amides is 2. The molecule has 5 nitrogen and oxygen atoms in total. The van der Waals surface area contributed by atoms with E-state index in [1.807, 2.05) is 54.0 Å². The van der Waals surface area contributed by atoms with Gasteiger partial charge in [-0.25, -0.2) is 0 Å². The molecule has 3 aliphatic heterocycles. The van der Waals surface area contributed by atoms with Crippen LogP contribution in [-0.4, -0.2) is 40.7 Å². The van der Waals surface area contributed by atoms with Gasteiger partial charge in [-0.2, -0.15) is 0 Å². The van der Waals surface area contributed by atoms with Crippen molar-refractivity contribution in [1.29, 1.82) is 0 Å². The summed E-state index contributed by atoms with van der Waals surface area (Å²) in [6.45, 7) is 5.38. The fourth-order valence-electron chi connectivity index (χ4n) is 4.21. The maximum absolute atomic E-state index is 13.0. The molecule has 0 unspecified atom stereocenters. The Bertz CT molecular complexity index is 827. The van der Waals surface area contributed by atoms with E-state index in [9.17, 15) is 9.59 Å². The summed E-state index contributed by atoms with van der Waals surface area (Å²) in [5.74, 6) is 1.45. The van der Waals surface area contributed by atoms with Gasteiger partial charge in [0, 0.05) is 25.7 Å². The summed E-state index contributed by atoms with van der Waals surface area (Å²) in [4.78, 5) is 29.8. The molecule has 3 aliphatic rings. The fraction of sp³-hybridized carbons (Fsp3) is 0.429. The van der Waals surface area contributed by atoms with E-state index in [0.29, 0.717) is 31.0 Å². The molecule has 3 saturated heterocycles. The molecule has 2 amide bonds. The molecule has 0 N–H and O–H groups in total. The summed E-state index contributed by atoms with van der Waals surface area (Å²) >= 11 is 0. The summed E-state index contributed by atoms with van der Waals surface area (Å²) in [5, 5.41) is 0. The molecule has 0 spiro atoms. The van der Waals surface area contributed by atoms with E-state index < -0.39 is 0 Å². The van der Waals surface area contributed by atoms with Gasteiger partial charge >= 0.3 is 0 Å². The van der Waals surface area contributed by atoms with Gasteiger partial charge in [0.05, 0.1) is 11.5 Å². The van der Waals surface area contributed by atoms with Gasteiger partial charge in [-0.3, -0.25) is 9.59 Å². The Kier molecular flexibility index (Phi) is 4.31. The van der Waals surface area contributed by atoms with E-state index in [0.717, 1.165) is 24.2 Å². The summed E-state index contributed by atoms with van der Waals surface area (Å²) in [7, 11) is 0. The molecule has 3 fully saturated rings. The maximum Gasteiger partial charge on any atom is 0.257 e. The Labute approximate surface area is 153 Å². The Morgan fingerprint density at radius 1 is 1.15 bits per heavy atom. The van der Waals surface area contributed by atoms with Crippen LogP contribution < -0.4 is 0 Å². The molecule has 0 aliphatic carbocycles. The number of carbonyl (C=O) groups excluding carboxylic acids is 2. The van der Waals surface area contributed by atoms with Crippen molar-refractivity contribution < 1.29 is 14.0 Å². The van der Waals surface area contributed by atoms with Crippen molar-refractivity contribution in [3.63, 3.8) is 0 Å². The Morgan fingerprint density at radius 2 is 1.92 bits per heavy atom. The number of carbonyl (C=O) groups is 2. The van der Waals surface area contributed by atoms with Crippen molar-refractivity contribution in [3.8, 4) is 0 Å². The first kappa shape index (κ1) is 16.9. The van der Waals surface area contributed by atoms with Crippen LogP contribution in [0.25, 0.3) is 0 Å². The molecule has 2 aromatic rings. The van der Waals surface area contributed by atoms with Gasteiger partial charge in [0.25, 0.3) is 5.91 Å². The highest BCUT2D eigenvalue weighted by Crippen LogP contribution is 2.31. The van der Waals surface area contributed by atoms with Gasteiger partial charge in [0.15, 0.2) is 0 Å². The highest BCUT2D eigenvalue weighted by Gasteiger charge is 2.42. The van der Waals surface area contributed by atoms with Crippen LogP contribution in [0.3, 0.4) is 0 Å². The van der Waals surface area contributed by atoms with Gasteiger partial charge in [-0.05, 0) is 38.3 Å². The number of rotatable bonds is 3. The van der Waals surface area contributed by atoms with E-state index >= 15 is 0 Å². The second kappa shape index (κ2) is 6.63. The number of hydrogen-bond donors (Lipinski definition) is 0. The van der Waals surface area contributed by atoms with Gasteiger partial charge in [-0.1, -0.05) is 30.3 Å². The van der Waals surface area contributed by atoms with Crippen LogP contribution in [0.4, 0.5) is 0 Å². The zero-order chi connectivity index (χ0) is 18.3. The lowest BCUT2D eigenvalue weighted by atomic mass is 9.93. The Hall–Kier alpha value is -2.56. The highest BCUT2D eigenvalue weighted by atomic mass is 16.3. The van der Waals surface area contributed by atoms with E-state index in [1.165, 1.54) is 0 Å². The predicted molar refractivity (Wildman–Crippen MR) is 97.6 cm³/mol. The first-order chi connectivity index (χ1) is 12.5. The van der Waals surface area contributed by atoms with Gasteiger partial charge in [0.2, 0.25) is 5.91 Å². The lowest BCUT2D eigenvalue weighted by Gasteiger charge is -2.36. The number of piperidine rings is 1. The molecular formula is C21H24N2O3. The van der Waals surface area contributed by atoms with Gasteiger partial charge < -0.3 is 14.2 Å². The number of hydrogen-bond acceptors (Lipinski definition) is 3. The number of furan rings is 1. The summed E-state index contributed by atoms with van der Waals surface area (Å²) in [5.41, 5.74) is 1.75. The van der Waals surface area contributed by atoms with Crippen molar-refractivity contribution in [2.24, 2.45) is 5.92 Å². The second-order valence-corrected chi connectivity index (χ2v) is 7.42. The maximum atomic E-state index is 13.0. The minimum atomic E-state index is -0.102. The number of nitrogens with zero attached hydrogens (tertiary/aromatic N) is 2. The van der Waals surface area contributed by atoms with Gasteiger partial charge in [0.1, 0.15) is 11.5 Å². The molecule has 1 aromatic heterocycles. The topological polar surface area (TPSA) is 53.8 Å². The molecule has 4 heterocycles. The first-order valence-corrected chi connectivity index (χ1v) is 9.23. The van der Waals surface area contributed by atoms with Crippen LogP contribution in [0.1, 0.15) is 40.3 Å². The van der Waals surface area contributed by atoms with Crippen molar-refractivity contribution >= 4 is 11.8 Å². The van der Waals surface area contributed by atoms with Crippen LogP contribution in [0.5, 0.6) is 0 Å². The third-order valence-electron chi connectivity index (χ3n) is 5.55. The van der Waals surface area contributed by atoms with Crippen molar-refractivity contribution in [3.05, 3.63) is 59.0 Å². The molecule has 1 aromatic carbocycles. The van der Waals surface area contributed by atoms with E-state index in [1.54, 1.807) is 6.07 Å². The SMILES string of the molecule is Cc1cc(C(=O)N2C[C@@H]3CC[C@H](C2)N(Cc2ccccc2)C3=O)c(C)o1. The minimum Gasteiger partial charge on any atom is -0.466 e. The zero-order valence-corrected chi connectivity index (χ0v) is 15.3. The fourth-order valence-corrected chi connectivity index (χ4v) is 4.21. The standard InChI is InChI=1S/C21H24N2O3/c1-14-10-19(15(2)26-14)21(25)22-12-17-8-9-18(13-22)23(20(17)24)11-16-6-4-3-5-7-16/h3-7,10,17-18H,8-9,11-13H2,1-2H3/t17-,18+/m0/s1. The summed E-state index contributed by atoms with van der Waals surface area (Å²) < 4.78 is 5.52. The molecular weight excluding hydrogens is 328 g/mol. The second-order valence-electron chi connectivity index (χ2n) is 7.42. The third-order valence-corrected chi connectivity index (χ3v) is 5.55. The largest absolute Gasteiger partial charge is 0.466 e. The molecule has 2 atom stereocenters. The first-order valence-electron chi connectivity index (χ1n) is 9.23. The van der Waals surface area contributed by atoms with E-state index in [4.69, 9.17) is 4.42 Å². The van der Waals surface area contributed by atoms with Crippen molar-refractivity contribution in [1.82, 2.24) is 9.80 Å². The van der Waals surface area contributed by atoms with Crippen molar-refractivity contribution in [2.45, 2.75) is 39.3 Å². The average Bonchev–Trinajstić information content (AvgIpc) is 2.80. The minimum absolute atomic E-state index is 0.0226. The van der Waals surface area contributed by atoms with Crippen molar-refractivity contribution in [2.75, 3.05) is 13.1 Å².